The maximum Gasteiger partial charge on any atom is 0.0907 e. The molecule has 0 aliphatic carbocycles. The van der Waals surface area contributed by atoms with Gasteiger partial charge in [0.25, 0.3) is 0 Å². The molecule has 2 nitrogen and oxygen atoms in total. The first-order valence-electron chi connectivity index (χ1n) is 33.7. The van der Waals surface area contributed by atoms with Crippen LogP contribution in [0.3, 0.4) is 0 Å². The lowest BCUT2D eigenvalue weighted by Gasteiger charge is -2.49. The Morgan fingerprint density at radius 1 is 0.157 bits per heavy atom. The number of hydrogen-bond donors (Lipinski definition) is 0. The van der Waals surface area contributed by atoms with Crippen LogP contribution in [0.25, 0.3) is 0 Å². The highest BCUT2D eigenvalue weighted by atomic mass is 15.4. The summed E-state index contributed by atoms with van der Waals surface area (Å²) in [5, 5.41) is 0. The average molecular weight is 988 g/mol. The van der Waals surface area contributed by atoms with Crippen LogP contribution in [0.5, 0.6) is 0 Å². The number of quaternary nitrogens is 2. The van der Waals surface area contributed by atoms with E-state index in [0.717, 1.165) is 0 Å². The lowest BCUT2D eigenvalue weighted by atomic mass is 9.96. The third kappa shape index (κ3) is 40.3. The Kier molecular flexibility index (Phi) is 49.7. The molecule has 0 N–H and O–H groups in total. The van der Waals surface area contributed by atoms with E-state index in [-0.39, 0.29) is 0 Å². The van der Waals surface area contributed by atoms with Crippen LogP contribution in [-0.2, 0) is 0 Å². The third-order valence-corrected chi connectivity index (χ3v) is 18.0. The molecule has 0 heterocycles. The zero-order valence-corrected chi connectivity index (χ0v) is 51.5. The molecule has 0 aromatic rings. The molecule has 0 unspecified atom stereocenters. The highest BCUT2D eigenvalue weighted by molar-refractivity contribution is 4.68. The molecule has 0 aromatic heterocycles. The summed E-state index contributed by atoms with van der Waals surface area (Å²) in [5.41, 5.74) is 0.702. The molecule has 0 saturated carbocycles. The number of unbranched alkanes of at least 4 members (excludes halogenated alkanes) is 45. The van der Waals surface area contributed by atoms with Gasteiger partial charge in [0.15, 0.2) is 0 Å². The highest BCUT2D eigenvalue weighted by Crippen LogP contribution is 2.31. The quantitative estimate of drug-likeness (QED) is 0.0421. The number of nitrogens with zero attached hydrogens (tertiary/aromatic N) is 2. The number of hydrogen-bond acceptors (Lipinski definition) is 0. The van der Waals surface area contributed by atoms with Crippen LogP contribution < -0.4 is 0 Å². The summed E-state index contributed by atoms with van der Waals surface area (Å²) in [6, 6.07) is 0. The molecule has 0 bridgehead atoms. The van der Waals surface area contributed by atoms with Gasteiger partial charge in [-0.1, -0.05) is 272 Å². The van der Waals surface area contributed by atoms with Gasteiger partial charge in [0, 0.05) is 0 Å². The fourth-order valence-electron chi connectivity index (χ4n) is 12.5. The molecule has 0 amide bonds. The topological polar surface area (TPSA) is 0 Å². The van der Waals surface area contributed by atoms with Crippen LogP contribution in [0.4, 0.5) is 0 Å². The molecule has 422 valence electrons. The Balaban J connectivity index is 4.95. The summed E-state index contributed by atoms with van der Waals surface area (Å²) in [6.45, 7) is 33.5. The average Bonchev–Trinajstić information content (AvgIpc) is 3.32. The number of rotatable bonds is 57. The van der Waals surface area contributed by atoms with Gasteiger partial charge in [0.2, 0.25) is 0 Å². The predicted molar refractivity (Wildman–Crippen MR) is 323 cm³/mol. The summed E-state index contributed by atoms with van der Waals surface area (Å²) in [5.74, 6) is 0. The summed E-state index contributed by atoms with van der Waals surface area (Å²) < 4.78 is 2.77. The lowest BCUT2D eigenvalue weighted by molar-refractivity contribution is -0.971. The van der Waals surface area contributed by atoms with E-state index in [0.29, 0.717) is 11.1 Å². The van der Waals surface area contributed by atoms with Gasteiger partial charge in [-0.2, -0.15) is 0 Å². The van der Waals surface area contributed by atoms with E-state index < -0.39 is 0 Å². The van der Waals surface area contributed by atoms with Crippen molar-refractivity contribution < 1.29 is 8.97 Å². The first-order chi connectivity index (χ1) is 33.9. The van der Waals surface area contributed by atoms with Crippen molar-refractivity contribution >= 4 is 0 Å². The van der Waals surface area contributed by atoms with Gasteiger partial charge in [-0.25, -0.2) is 0 Å². The molecule has 0 saturated heterocycles. The Labute approximate surface area is 447 Å². The van der Waals surface area contributed by atoms with Crippen molar-refractivity contribution in [3.8, 4) is 0 Å². The molecular formula is C68H142N2+2. The van der Waals surface area contributed by atoms with E-state index in [1.54, 1.807) is 0 Å². The van der Waals surface area contributed by atoms with Crippen molar-refractivity contribution in [3.05, 3.63) is 0 Å². The van der Waals surface area contributed by atoms with Crippen molar-refractivity contribution in [2.75, 3.05) is 39.3 Å². The molecule has 2 heteroatoms. The Morgan fingerprint density at radius 2 is 0.257 bits per heavy atom. The monoisotopic (exact) mass is 987 g/mol. The predicted octanol–water partition coefficient (Wildman–Crippen LogP) is 23.8. The molecule has 0 aliphatic heterocycles. The summed E-state index contributed by atoms with van der Waals surface area (Å²) in [7, 11) is 0. The summed E-state index contributed by atoms with van der Waals surface area (Å²) >= 11 is 0. The molecule has 0 aromatic carbocycles. The maximum atomic E-state index is 2.60. The first-order valence-corrected chi connectivity index (χ1v) is 33.7. The fourth-order valence-corrected chi connectivity index (χ4v) is 12.5. The van der Waals surface area contributed by atoms with Crippen LogP contribution in [0.2, 0.25) is 0 Å². The Morgan fingerprint density at radius 3 is 0.357 bits per heavy atom. The summed E-state index contributed by atoms with van der Waals surface area (Å²) in [6.07, 6.45) is 72.6. The zero-order chi connectivity index (χ0) is 51.6. The third-order valence-electron chi connectivity index (χ3n) is 18.0. The highest BCUT2D eigenvalue weighted by Gasteiger charge is 2.40. The zero-order valence-electron chi connectivity index (χ0n) is 51.5. The lowest BCUT2D eigenvalue weighted by Crippen LogP contribution is -2.61. The van der Waals surface area contributed by atoms with Crippen molar-refractivity contribution in [2.45, 2.75) is 401 Å². The van der Waals surface area contributed by atoms with Gasteiger partial charge in [0.1, 0.15) is 0 Å². The standard InChI is InChI=1S/C68H142N2/c1-11-15-19-23-27-31-37-43-49-55-61-69(67(5,6)7,62-56-50-44-38-32-28-24-20-16-12-2)65-59-53-47-41-35-36-42-48-54-60-66-70(68(8,9)10,63-57-51-45-39-33-29-25-21-17-13-3)64-58-52-46-40-34-30-26-22-18-14-4/h11-66H2,1-10H3/q+2. The van der Waals surface area contributed by atoms with Crippen molar-refractivity contribution in [2.24, 2.45) is 0 Å². The van der Waals surface area contributed by atoms with E-state index in [4.69, 9.17) is 0 Å². The minimum absolute atomic E-state index is 0.351. The molecule has 0 atom stereocenters. The normalized spacial score (nSPS) is 12.8. The van der Waals surface area contributed by atoms with E-state index in [2.05, 4.69) is 69.2 Å². The molecule has 0 fully saturated rings. The molecule has 0 rings (SSSR count). The van der Waals surface area contributed by atoms with Crippen molar-refractivity contribution in [1.29, 1.82) is 0 Å². The van der Waals surface area contributed by atoms with Gasteiger partial charge in [-0.05, 0) is 119 Å². The van der Waals surface area contributed by atoms with E-state index >= 15 is 0 Å². The molecule has 0 aliphatic rings. The molecule has 0 spiro atoms. The maximum absolute atomic E-state index is 2.60. The molecular weight excluding hydrogens is 845 g/mol. The Hall–Kier alpha value is -0.0800. The molecule has 70 heavy (non-hydrogen) atoms. The van der Waals surface area contributed by atoms with Crippen LogP contribution in [0.15, 0.2) is 0 Å². The van der Waals surface area contributed by atoms with Crippen LogP contribution >= 0.6 is 0 Å². The van der Waals surface area contributed by atoms with Gasteiger partial charge >= 0.3 is 0 Å². The van der Waals surface area contributed by atoms with Crippen molar-refractivity contribution in [1.82, 2.24) is 0 Å². The van der Waals surface area contributed by atoms with Gasteiger partial charge in [-0.3, -0.25) is 0 Å². The first kappa shape index (κ1) is 69.9. The smallest absolute Gasteiger partial charge is 0.0907 e. The van der Waals surface area contributed by atoms with Crippen LogP contribution in [0, 0.1) is 0 Å². The van der Waals surface area contributed by atoms with Crippen molar-refractivity contribution in [3.63, 3.8) is 0 Å². The minimum atomic E-state index is 0.351. The second kappa shape index (κ2) is 49.8. The fraction of sp³-hybridized carbons (Fsp3) is 1.00. The Bertz CT molecular complexity index is 874. The van der Waals surface area contributed by atoms with Gasteiger partial charge < -0.3 is 8.97 Å². The van der Waals surface area contributed by atoms with E-state index in [1.165, 1.54) is 369 Å². The SMILES string of the molecule is CCCCCCCCCCCC[N+](CCCCCCCCCCCC)(CCCCCCCCCCCC[N+](CCCCCCCCCCCC)(CCCCCCCCCCCC)C(C)(C)C)C(C)(C)C. The van der Waals surface area contributed by atoms with Gasteiger partial charge in [-0.15, -0.1) is 0 Å². The van der Waals surface area contributed by atoms with Crippen LogP contribution in [-0.4, -0.2) is 59.3 Å². The molecule has 0 radical (unpaired) electrons. The van der Waals surface area contributed by atoms with Gasteiger partial charge in [0.05, 0.1) is 50.3 Å². The largest absolute Gasteiger partial charge is 0.319 e. The summed E-state index contributed by atoms with van der Waals surface area (Å²) in [4.78, 5) is 0. The second-order valence-electron chi connectivity index (χ2n) is 26.2. The van der Waals surface area contributed by atoms with E-state index in [9.17, 15) is 0 Å². The second-order valence-corrected chi connectivity index (χ2v) is 26.2. The van der Waals surface area contributed by atoms with Crippen LogP contribution in [0.1, 0.15) is 390 Å². The van der Waals surface area contributed by atoms with E-state index in [1.807, 2.05) is 0 Å². The minimum Gasteiger partial charge on any atom is -0.319 e.